The van der Waals surface area contributed by atoms with Gasteiger partial charge in [0.25, 0.3) is 0 Å². The molecule has 1 saturated carbocycles. The van der Waals surface area contributed by atoms with Crippen LogP contribution >= 0.6 is 0 Å². The first-order valence-corrected chi connectivity index (χ1v) is 12.1. The zero-order valence-corrected chi connectivity index (χ0v) is 20.0. The van der Waals surface area contributed by atoms with Crippen LogP contribution in [0.5, 0.6) is 0 Å². The summed E-state index contributed by atoms with van der Waals surface area (Å²) in [6.45, 7) is 0. The van der Waals surface area contributed by atoms with Crippen LogP contribution in [0.1, 0.15) is 48.8 Å². The first kappa shape index (κ1) is 24.4. The van der Waals surface area contributed by atoms with E-state index in [1.54, 1.807) is 0 Å². The van der Waals surface area contributed by atoms with Crippen molar-refractivity contribution in [2.75, 3.05) is 7.11 Å². The average molecular weight is 470 g/mol. The van der Waals surface area contributed by atoms with Gasteiger partial charge in [-0.15, -0.1) is 0 Å². The van der Waals surface area contributed by atoms with Gasteiger partial charge in [-0.1, -0.05) is 91.0 Å². The summed E-state index contributed by atoms with van der Waals surface area (Å²) >= 11 is 0. The number of ether oxygens (including phenoxy) is 1. The molecule has 1 aliphatic carbocycles. The summed E-state index contributed by atoms with van der Waals surface area (Å²) < 4.78 is 5.02. The molecule has 0 aromatic heterocycles. The van der Waals surface area contributed by atoms with Crippen molar-refractivity contribution < 1.29 is 19.1 Å². The Balaban J connectivity index is 1.75. The number of benzene rings is 3. The van der Waals surface area contributed by atoms with E-state index in [0.717, 1.165) is 23.1 Å². The van der Waals surface area contributed by atoms with Gasteiger partial charge in [-0.2, -0.15) is 0 Å². The van der Waals surface area contributed by atoms with Crippen molar-refractivity contribution in [2.24, 2.45) is 5.92 Å². The molecule has 0 radical (unpaired) electrons. The lowest BCUT2D eigenvalue weighted by atomic mass is 9.67. The largest absolute Gasteiger partial charge is 0.467 e. The monoisotopic (exact) mass is 469 g/mol. The summed E-state index contributed by atoms with van der Waals surface area (Å²) in [5.41, 5.74) is 2.18. The Bertz CT molecular complexity index is 1050. The third-order valence-electron chi connectivity index (χ3n) is 6.99. The predicted molar refractivity (Wildman–Crippen MR) is 135 cm³/mol. The number of esters is 1. The van der Waals surface area contributed by atoms with E-state index < -0.39 is 17.4 Å². The standard InChI is InChI=1S/C30H31NO4/c1-35-29(34)28(22-12-11-19-26(32)20-22)31-27(33)21-30(23-13-5-2-6-14-23,24-15-7-3-8-16-24)25-17-9-4-10-18-25/h2-10,13-18,22,28H,11-12,19-21H2,1H3,(H,31,33)/t22-,28+/m0/s1. The van der Waals surface area contributed by atoms with E-state index in [2.05, 4.69) is 5.32 Å². The van der Waals surface area contributed by atoms with Crippen molar-refractivity contribution in [3.63, 3.8) is 0 Å². The predicted octanol–water partition coefficient (Wildman–Crippen LogP) is 4.83. The summed E-state index contributed by atoms with van der Waals surface area (Å²) in [6.07, 6.45) is 2.32. The second-order valence-corrected chi connectivity index (χ2v) is 9.14. The highest BCUT2D eigenvalue weighted by Gasteiger charge is 2.40. The molecule has 4 rings (SSSR count). The number of methoxy groups -OCH3 is 1. The second-order valence-electron chi connectivity index (χ2n) is 9.14. The molecule has 1 fully saturated rings. The minimum Gasteiger partial charge on any atom is -0.467 e. The van der Waals surface area contributed by atoms with E-state index in [-0.39, 0.29) is 30.4 Å². The maximum Gasteiger partial charge on any atom is 0.328 e. The second kappa shape index (κ2) is 11.1. The molecule has 0 unspecified atom stereocenters. The number of carbonyl (C=O) groups is 3. The molecule has 5 nitrogen and oxygen atoms in total. The Kier molecular flexibility index (Phi) is 7.76. The first-order chi connectivity index (χ1) is 17.0. The van der Waals surface area contributed by atoms with Gasteiger partial charge in [0.15, 0.2) is 0 Å². The fraction of sp³-hybridized carbons (Fsp3) is 0.300. The van der Waals surface area contributed by atoms with Crippen LogP contribution in [0.3, 0.4) is 0 Å². The summed E-state index contributed by atoms with van der Waals surface area (Å²) in [7, 11) is 1.31. The maximum atomic E-state index is 13.7. The summed E-state index contributed by atoms with van der Waals surface area (Å²) in [5.74, 6) is -0.915. The normalized spacial score (nSPS) is 16.8. The Morgan fingerprint density at radius 1 is 0.886 bits per heavy atom. The van der Waals surface area contributed by atoms with Crippen LogP contribution in [0.15, 0.2) is 91.0 Å². The topological polar surface area (TPSA) is 72.5 Å². The van der Waals surface area contributed by atoms with Crippen molar-refractivity contribution in [1.29, 1.82) is 0 Å². The third-order valence-corrected chi connectivity index (χ3v) is 6.99. The molecule has 0 saturated heterocycles. The van der Waals surface area contributed by atoms with Gasteiger partial charge in [0, 0.05) is 19.3 Å². The number of hydrogen-bond acceptors (Lipinski definition) is 4. The fourth-order valence-electron chi connectivity index (χ4n) is 5.28. The van der Waals surface area contributed by atoms with E-state index in [0.29, 0.717) is 12.8 Å². The van der Waals surface area contributed by atoms with Gasteiger partial charge < -0.3 is 10.1 Å². The molecule has 0 aliphatic heterocycles. The van der Waals surface area contributed by atoms with E-state index in [9.17, 15) is 14.4 Å². The number of hydrogen-bond donors (Lipinski definition) is 1. The minimum atomic E-state index is -0.850. The molecule has 0 spiro atoms. The lowest BCUT2D eigenvalue weighted by Gasteiger charge is -2.36. The van der Waals surface area contributed by atoms with Crippen molar-refractivity contribution in [3.05, 3.63) is 108 Å². The Hall–Kier alpha value is -3.73. The Morgan fingerprint density at radius 2 is 1.37 bits per heavy atom. The average Bonchev–Trinajstić information content (AvgIpc) is 2.91. The highest BCUT2D eigenvalue weighted by molar-refractivity contribution is 5.87. The Labute approximate surface area is 206 Å². The molecule has 3 aromatic carbocycles. The van der Waals surface area contributed by atoms with Gasteiger partial charge in [0.1, 0.15) is 11.8 Å². The number of ketones is 1. The highest BCUT2D eigenvalue weighted by Crippen LogP contribution is 2.42. The number of rotatable bonds is 8. The number of nitrogens with one attached hydrogen (secondary N) is 1. The quantitative estimate of drug-likeness (QED) is 0.379. The van der Waals surface area contributed by atoms with Crippen LogP contribution in [-0.2, 0) is 24.5 Å². The van der Waals surface area contributed by atoms with Gasteiger partial charge in [-0.25, -0.2) is 4.79 Å². The van der Waals surface area contributed by atoms with Crippen molar-refractivity contribution in [3.8, 4) is 0 Å². The molecule has 3 aromatic rings. The fourth-order valence-corrected chi connectivity index (χ4v) is 5.28. The van der Waals surface area contributed by atoms with Crippen molar-refractivity contribution >= 4 is 17.7 Å². The highest BCUT2D eigenvalue weighted by atomic mass is 16.5. The summed E-state index contributed by atoms with van der Waals surface area (Å²) in [6, 6.07) is 29.0. The van der Waals surface area contributed by atoms with Crippen molar-refractivity contribution in [2.45, 2.75) is 43.6 Å². The van der Waals surface area contributed by atoms with Crippen LogP contribution in [0.25, 0.3) is 0 Å². The van der Waals surface area contributed by atoms with Gasteiger partial charge in [0.05, 0.1) is 12.5 Å². The zero-order valence-electron chi connectivity index (χ0n) is 20.0. The molecule has 35 heavy (non-hydrogen) atoms. The lowest BCUT2D eigenvalue weighted by Crippen LogP contribution is -2.49. The summed E-state index contributed by atoms with van der Waals surface area (Å²) in [5, 5.41) is 2.96. The molecule has 5 heteroatoms. The van der Waals surface area contributed by atoms with Crippen LogP contribution < -0.4 is 5.32 Å². The van der Waals surface area contributed by atoms with Crippen LogP contribution in [0.4, 0.5) is 0 Å². The van der Waals surface area contributed by atoms with Gasteiger partial charge in [-0.3, -0.25) is 9.59 Å². The van der Waals surface area contributed by atoms with E-state index >= 15 is 0 Å². The molecule has 1 aliphatic rings. The lowest BCUT2D eigenvalue weighted by molar-refractivity contribution is -0.147. The van der Waals surface area contributed by atoms with Crippen LogP contribution in [-0.4, -0.2) is 30.8 Å². The maximum absolute atomic E-state index is 13.7. The molecular formula is C30H31NO4. The van der Waals surface area contributed by atoms with E-state index in [4.69, 9.17) is 4.74 Å². The number of carbonyl (C=O) groups excluding carboxylic acids is 3. The smallest absolute Gasteiger partial charge is 0.328 e. The molecule has 2 atom stereocenters. The molecule has 1 N–H and O–H groups in total. The molecule has 180 valence electrons. The molecule has 0 bridgehead atoms. The van der Waals surface area contributed by atoms with Gasteiger partial charge in [-0.05, 0) is 35.4 Å². The van der Waals surface area contributed by atoms with E-state index in [1.807, 2.05) is 91.0 Å². The Morgan fingerprint density at radius 3 is 1.80 bits per heavy atom. The minimum absolute atomic E-state index is 0.0964. The van der Waals surface area contributed by atoms with Gasteiger partial charge >= 0.3 is 5.97 Å². The first-order valence-electron chi connectivity index (χ1n) is 12.1. The summed E-state index contributed by atoms with van der Waals surface area (Å²) in [4.78, 5) is 38.5. The zero-order chi connectivity index (χ0) is 24.7. The third kappa shape index (κ3) is 5.35. The van der Waals surface area contributed by atoms with Crippen molar-refractivity contribution in [1.82, 2.24) is 5.32 Å². The number of amides is 1. The van der Waals surface area contributed by atoms with E-state index in [1.165, 1.54) is 7.11 Å². The van der Waals surface area contributed by atoms with Crippen LogP contribution in [0, 0.1) is 5.92 Å². The van der Waals surface area contributed by atoms with Gasteiger partial charge in [0.2, 0.25) is 5.91 Å². The number of Topliss-reactive ketones (excluding diaryl/α,β-unsaturated/α-hetero) is 1. The molecule has 1 amide bonds. The molecule has 0 heterocycles. The SMILES string of the molecule is COC(=O)[C@H](NC(=O)CC(c1ccccc1)(c1ccccc1)c1ccccc1)[C@H]1CCCC(=O)C1. The molecular weight excluding hydrogens is 438 g/mol. The van der Waals surface area contributed by atoms with Crippen LogP contribution in [0.2, 0.25) is 0 Å².